The quantitative estimate of drug-likeness (QED) is 0.178. The summed E-state index contributed by atoms with van der Waals surface area (Å²) in [7, 11) is 0. The Bertz CT molecular complexity index is 1410. The Morgan fingerprint density at radius 1 is 0.789 bits per heavy atom. The summed E-state index contributed by atoms with van der Waals surface area (Å²) in [6.07, 6.45) is 4.93. The number of imide groups is 1. The second-order valence-electron chi connectivity index (χ2n) is 10.0. The van der Waals surface area contributed by atoms with Crippen LogP contribution in [0.2, 0.25) is 0 Å². The normalized spacial score (nSPS) is 28.1. The van der Waals surface area contributed by atoms with Crippen molar-refractivity contribution < 1.29 is 29.0 Å². The predicted molar refractivity (Wildman–Crippen MR) is 128 cm³/mol. The lowest BCUT2D eigenvalue weighted by atomic mass is 9.63. The van der Waals surface area contributed by atoms with Crippen LogP contribution < -0.4 is 0 Å². The highest BCUT2D eigenvalue weighted by atomic mass is 16.6. The van der Waals surface area contributed by atoms with Gasteiger partial charge in [-0.3, -0.25) is 39.4 Å². The number of carbonyl (C=O) groups excluding carboxylic acids is 4. The lowest BCUT2D eigenvalue weighted by Gasteiger charge is -2.37. The summed E-state index contributed by atoms with van der Waals surface area (Å²) < 4.78 is 0. The van der Waals surface area contributed by atoms with Crippen LogP contribution >= 0.6 is 0 Å². The van der Waals surface area contributed by atoms with Crippen LogP contribution in [0.25, 0.3) is 0 Å². The maximum absolute atomic E-state index is 13.7. The van der Waals surface area contributed by atoms with E-state index in [-0.39, 0.29) is 34.3 Å². The van der Waals surface area contributed by atoms with E-state index in [9.17, 15) is 39.4 Å². The molecule has 0 unspecified atom stereocenters. The minimum Gasteiger partial charge on any atom is -0.292 e. The van der Waals surface area contributed by atoms with Gasteiger partial charge in [-0.1, -0.05) is 12.2 Å². The lowest BCUT2D eigenvalue weighted by Crippen LogP contribution is -2.52. The number of hydrazine groups is 1. The van der Waals surface area contributed by atoms with Crippen LogP contribution in [0.5, 0.6) is 0 Å². The maximum atomic E-state index is 13.7. The highest BCUT2D eigenvalue weighted by Gasteiger charge is 2.68. The van der Waals surface area contributed by atoms with Crippen molar-refractivity contribution in [2.45, 2.75) is 6.42 Å². The summed E-state index contributed by atoms with van der Waals surface area (Å²) in [6, 6.07) is 9.40. The van der Waals surface area contributed by atoms with Gasteiger partial charge in [0.15, 0.2) is 5.78 Å². The molecule has 4 aliphatic carbocycles. The Labute approximate surface area is 214 Å². The molecule has 0 radical (unpaired) electrons. The van der Waals surface area contributed by atoms with Gasteiger partial charge in [-0.15, -0.1) is 0 Å². The van der Waals surface area contributed by atoms with Crippen molar-refractivity contribution in [3.05, 3.63) is 92.0 Å². The van der Waals surface area contributed by atoms with E-state index in [4.69, 9.17) is 0 Å². The van der Waals surface area contributed by atoms with Gasteiger partial charge >= 0.3 is 0 Å². The maximum Gasteiger partial charge on any atom is 0.273 e. The minimum absolute atomic E-state index is 0.0495. The van der Waals surface area contributed by atoms with E-state index in [1.54, 1.807) is 0 Å². The highest BCUT2D eigenvalue weighted by molar-refractivity contribution is 6.10. The largest absolute Gasteiger partial charge is 0.292 e. The summed E-state index contributed by atoms with van der Waals surface area (Å²) >= 11 is 0. The number of nitrogens with zero attached hydrogens (tertiary/aromatic N) is 4. The van der Waals surface area contributed by atoms with E-state index < -0.39 is 51.7 Å². The zero-order valence-electron chi connectivity index (χ0n) is 19.7. The van der Waals surface area contributed by atoms with Crippen LogP contribution in [0, 0.1) is 55.7 Å². The molecular weight excluding hydrogens is 496 g/mol. The number of rotatable bonds is 7. The van der Waals surface area contributed by atoms with Gasteiger partial charge in [0, 0.05) is 35.4 Å². The van der Waals surface area contributed by atoms with E-state index in [1.807, 2.05) is 12.2 Å². The van der Waals surface area contributed by atoms with Crippen LogP contribution in [0.1, 0.15) is 27.1 Å². The molecule has 2 bridgehead atoms. The average Bonchev–Trinajstić information content (AvgIpc) is 3.70. The van der Waals surface area contributed by atoms with Gasteiger partial charge in [-0.25, -0.2) is 5.01 Å². The number of benzene rings is 2. The number of nitro benzene ring substituents is 2. The molecule has 38 heavy (non-hydrogen) atoms. The fourth-order valence-corrected chi connectivity index (χ4v) is 6.28. The van der Waals surface area contributed by atoms with Crippen molar-refractivity contribution in [2.24, 2.45) is 35.5 Å². The second kappa shape index (κ2) is 8.40. The second-order valence-corrected chi connectivity index (χ2v) is 10.0. The highest BCUT2D eigenvalue weighted by Crippen LogP contribution is 2.65. The third-order valence-corrected chi connectivity index (χ3v) is 8.13. The van der Waals surface area contributed by atoms with Crippen LogP contribution in [-0.4, -0.2) is 49.9 Å². The molecule has 0 N–H and O–H groups in total. The Morgan fingerprint density at radius 2 is 1.24 bits per heavy atom. The number of allylic oxidation sites excluding steroid dienone is 2. The number of nitro groups is 2. The first-order valence-corrected chi connectivity index (χ1v) is 12.1. The number of Topliss-reactive ketones (excluding diaryl/α,β-unsaturated/α-hetero) is 1. The predicted octanol–water partition coefficient (Wildman–Crippen LogP) is 2.80. The Hall–Kier alpha value is -4.74. The third-order valence-electron chi connectivity index (χ3n) is 8.13. The van der Waals surface area contributed by atoms with Crippen LogP contribution in [0.3, 0.4) is 0 Å². The summed E-state index contributed by atoms with van der Waals surface area (Å²) in [6.45, 7) is -0.680. The fraction of sp³-hybridized carbons (Fsp3) is 0.308. The number of non-ortho nitro benzene ring substituents is 2. The summed E-state index contributed by atoms with van der Waals surface area (Å²) in [5.74, 6) is -3.32. The number of carbonyl (C=O) groups is 4. The van der Waals surface area contributed by atoms with Crippen molar-refractivity contribution >= 4 is 34.9 Å². The number of amides is 3. The summed E-state index contributed by atoms with van der Waals surface area (Å²) in [4.78, 5) is 74.9. The standard InChI is InChI=1S/C26H20N4O8/c31-21(13-1-5-15(6-2-13)29(35)36)12-27(24(32)14-3-7-16(8-4-14)30(37)38)28-25(33)22-17-9-10-18(20-11-19(17)20)23(22)26(28)34/h1-10,17-20,22-23H,11-12H2/t17-,18-,19-,20-,22-,23+/m0/s1. The zero-order valence-corrected chi connectivity index (χ0v) is 19.7. The van der Waals surface area contributed by atoms with Crippen molar-refractivity contribution in [3.8, 4) is 0 Å². The first-order valence-electron chi connectivity index (χ1n) is 12.1. The monoisotopic (exact) mass is 516 g/mol. The summed E-state index contributed by atoms with van der Waals surface area (Å²) in [5, 5.41) is 23.6. The van der Waals surface area contributed by atoms with Gasteiger partial charge in [0.05, 0.1) is 21.7 Å². The molecule has 2 aromatic rings. The van der Waals surface area contributed by atoms with Gasteiger partial charge in [-0.2, -0.15) is 5.01 Å². The Morgan fingerprint density at radius 3 is 1.68 bits per heavy atom. The first-order chi connectivity index (χ1) is 18.2. The molecule has 3 amide bonds. The van der Waals surface area contributed by atoms with Gasteiger partial charge in [-0.05, 0) is 54.4 Å². The van der Waals surface area contributed by atoms with Gasteiger partial charge < -0.3 is 0 Å². The first kappa shape index (κ1) is 23.6. The van der Waals surface area contributed by atoms with Gasteiger partial charge in [0.1, 0.15) is 6.54 Å². The van der Waals surface area contributed by atoms with Crippen LogP contribution in [0.15, 0.2) is 60.7 Å². The molecule has 0 aromatic heterocycles. The van der Waals surface area contributed by atoms with E-state index in [0.29, 0.717) is 11.8 Å². The molecule has 2 saturated carbocycles. The number of ketones is 1. The average molecular weight is 516 g/mol. The van der Waals surface area contributed by atoms with E-state index in [1.165, 1.54) is 24.3 Å². The molecule has 0 spiro atoms. The minimum atomic E-state index is -0.846. The lowest BCUT2D eigenvalue weighted by molar-refractivity contribution is -0.385. The topological polar surface area (TPSA) is 161 Å². The SMILES string of the molecule is O=C(CN(C(=O)c1ccc([N+](=O)[O-])cc1)N1C(=O)[C@@H]2[C@H]3C=C[C@@H]([C@@H]4C[C@@H]34)[C@@H]2C1=O)c1ccc([N+](=O)[O-])cc1. The molecule has 12 nitrogen and oxygen atoms in total. The van der Waals surface area contributed by atoms with E-state index in [0.717, 1.165) is 40.7 Å². The van der Waals surface area contributed by atoms with Crippen LogP contribution in [0.4, 0.5) is 11.4 Å². The molecule has 12 heteroatoms. The van der Waals surface area contributed by atoms with E-state index >= 15 is 0 Å². The molecule has 5 aliphatic rings. The van der Waals surface area contributed by atoms with Crippen LogP contribution in [-0.2, 0) is 9.59 Å². The Balaban J connectivity index is 1.34. The Kier molecular flexibility index (Phi) is 5.23. The smallest absolute Gasteiger partial charge is 0.273 e. The van der Waals surface area contributed by atoms with Crippen molar-refractivity contribution in [2.75, 3.05) is 6.54 Å². The molecule has 1 heterocycles. The summed E-state index contributed by atoms with van der Waals surface area (Å²) in [5.41, 5.74) is -0.477. The molecule has 2 aromatic carbocycles. The fourth-order valence-electron chi connectivity index (χ4n) is 6.28. The molecule has 1 saturated heterocycles. The number of hydrogen-bond donors (Lipinski definition) is 0. The zero-order chi connectivity index (χ0) is 26.9. The van der Waals surface area contributed by atoms with Gasteiger partial charge in [0.2, 0.25) is 0 Å². The molecule has 192 valence electrons. The van der Waals surface area contributed by atoms with Crippen molar-refractivity contribution in [1.82, 2.24) is 10.0 Å². The van der Waals surface area contributed by atoms with E-state index in [2.05, 4.69) is 0 Å². The third kappa shape index (κ3) is 3.51. The number of hydrogen-bond acceptors (Lipinski definition) is 8. The molecule has 6 atom stereocenters. The molecule has 7 rings (SSSR count). The molecule has 3 fully saturated rings. The van der Waals surface area contributed by atoms with Crippen molar-refractivity contribution in [1.29, 1.82) is 0 Å². The van der Waals surface area contributed by atoms with Gasteiger partial charge in [0.25, 0.3) is 29.1 Å². The molecule has 1 aliphatic heterocycles. The van der Waals surface area contributed by atoms with Crippen molar-refractivity contribution in [3.63, 3.8) is 0 Å². The molecular formula is C26H20N4O8.